The van der Waals surface area contributed by atoms with Crippen molar-refractivity contribution in [1.29, 1.82) is 0 Å². The molecular weight excluding hydrogens is 314 g/mol. The molecule has 1 aliphatic heterocycles. The zero-order chi connectivity index (χ0) is 13.3. The highest BCUT2D eigenvalue weighted by Gasteiger charge is 2.44. The van der Waals surface area contributed by atoms with Crippen molar-refractivity contribution in [3.05, 3.63) is 10.2 Å². The first-order valence-corrected chi connectivity index (χ1v) is 9.12. The molecule has 20 heavy (non-hydrogen) atoms. The van der Waals surface area contributed by atoms with Crippen LogP contribution >= 0.6 is 15.9 Å². The van der Waals surface area contributed by atoms with Gasteiger partial charge in [-0.05, 0) is 65.8 Å². The molecule has 1 aromatic heterocycles. The highest BCUT2D eigenvalue weighted by molar-refractivity contribution is 9.10. The Hall–Kier alpha value is -0.510. The molecule has 3 aliphatic carbocycles. The second-order valence-corrected chi connectivity index (χ2v) is 8.21. The van der Waals surface area contributed by atoms with Crippen LogP contribution in [0.1, 0.15) is 62.6 Å². The van der Waals surface area contributed by atoms with Gasteiger partial charge in [0.05, 0.1) is 16.2 Å². The van der Waals surface area contributed by atoms with E-state index in [0.29, 0.717) is 6.04 Å². The molecule has 2 bridgehead atoms. The van der Waals surface area contributed by atoms with E-state index in [-0.39, 0.29) is 0 Å². The van der Waals surface area contributed by atoms with Gasteiger partial charge in [0.15, 0.2) is 0 Å². The summed E-state index contributed by atoms with van der Waals surface area (Å²) in [4.78, 5) is 0. The molecule has 3 fully saturated rings. The van der Waals surface area contributed by atoms with Gasteiger partial charge in [-0.1, -0.05) is 12.8 Å². The van der Waals surface area contributed by atoms with Crippen LogP contribution in [-0.4, -0.2) is 16.3 Å². The van der Waals surface area contributed by atoms with Gasteiger partial charge in [0.1, 0.15) is 5.82 Å². The molecule has 0 radical (unpaired) electrons. The van der Waals surface area contributed by atoms with E-state index < -0.39 is 0 Å². The third kappa shape index (κ3) is 1.54. The number of halogens is 1. The molecule has 5 unspecified atom stereocenters. The normalized spacial score (nSPS) is 41.5. The molecule has 3 saturated carbocycles. The van der Waals surface area contributed by atoms with Gasteiger partial charge in [-0.3, -0.25) is 0 Å². The van der Waals surface area contributed by atoms with Crippen molar-refractivity contribution in [3.63, 3.8) is 0 Å². The van der Waals surface area contributed by atoms with E-state index in [4.69, 9.17) is 5.10 Å². The van der Waals surface area contributed by atoms with Gasteiger partial charge < -0.3 is 5.32 Å². The van der Waals surface area contributed by atoms with Crippen molar-refractivity contribution in [2.45, 2.75) is 56.9 Å². The Bertz CT molecular complexity index is 552. The molecule has 0 saturated heterocycles. The van der Waals surface area contributed by atoms with Crippen molar-refractivity contribution in [2.75, 3.05) is 11.9 Å². The minimum absolute atomic E-state index is 0.662. The average molecular weight is 336 g/mol. The molecule has 5 rings (SSSR count). The quantitative estimate of drug-likeness (QED) is 0.828. The van der Waals surface area contributed by atoms with Crippen LogP contribution in [0.2, 0.25) is 0 Å². The van der Waals surface area contributed by atoms with E-state index in [0.717, 1.165) is 30.2 Å². The number of anilines is 1. The van der Waals surface area contributed by atoms with Crippen LogP contribution in [0.25, 0.3) is 0 Å². The molecule has 2 heterocycles. The van der Waals surface area contributed by atoms with E-state index in [2.05, 4.69) is 25.9 Å². The van der Waals surface area contributed by atoms with Crippen LogP contribution in [0.5, 0.6) is 0 Å². The van der Waals surface area contributed by atoms with Crippen molar-refractivity contribution < 1.29 is 0 Å². The van der Waals surface area contributed by atoms with Crippen LogP contribution in [0, 0.1) is 17.8 Å². The van der Waals surface area contributed by atoms with Crippen molar-refractivity contribution >= 4 is 21.7 Å². The smallest absolute Gasteiger partial charge is 0.139 e. The van der Waals surface area contributed by atoms with Gasteiger partial charge in [-0.25, -0.2) is 4.68 Å². The number of hydrogen-bond donors (Lipinski definition) is 1. The maximum Gasteiger partial charge on any atom is 0.139 e. The Morgan fingerprint density at radius 2 is 2.05 bits per heavy atom. The summed E-state index contributed by atoms with van der Waals surface area (Å²) in [5.41, 5.74) is 1.37. The number of nitrogens with one attached hydrogen (secondary N) is 1. The molecule has 108 valence electrons. The zero-order valence-electron chi connectivity index (χ0n) is 11.8. The second-order valence-electron chi connectivity index (χ2n) is 7.41. The predicted octanol–water partition coefficient (Wildman–Crippen LogP) is 4.32. The second kappa shape index (κ2) is 4.25. The maximum absolute atomic E-state index is 5.10. The molecule has 4 heteroatoms. The highest BCUT2D eigenvalue weighted by Crippen LogP contribution is 2.55. The number of aromatic nitrogens is 2. The standard InChI is InChI=1S/C16H22BrN3/c17-14-15(12-7-9-4-5-10(12)6-9)19-20-13-3-1-2-11(13)8-18-16(14)20/h9-13,18H,1-8H2. The van der Waals surface area contributed by atoms with E-state index in [1.807, 2.05) is 0 Å². The van der Waals surface area contributed by atoms with E-state index in [1.54, 1.807) is 0 Å². The fourth-order valence-corrected chi connectivity index (χ4v) is 6.15. The summed E-state index contributed by atoms with van der Waals surface area (Å²) in [6.07, 6.45) is 9.81. The number of rotatable bonds is 1. The minimum atomic E-state index is 0.662. The Labute approximate surface area is 128 Å². The predicted molar refractivity (Wildman–Crippen MR) is 83.0 cm³/mol. The van der Waals surface area contributed by atoms with E-state index in [9.17, 15) is 0 Å². The molecule has 4 aliphatic rings. The molecule has 0 aromatic carbocycles. The Morgan fingerprint density at radius 3 is 2.85 bits per heavy atom. The zero-order valence-corrected chi connectivity index (χ0v) is 13.4. The Kier molecular flexibility index (Phi) is 2.56. The lowest BCUT2D eigenvalue weighted by Gasteiger charge is -2.28. The summed E-state index contributed by atoms with van der Waals surface area (Å²) >= 11 is 3.87. The number of hydrogen-bond acceptors (Lipinski definition) is 2. The lowest BCUT2D eigenvalue weighted by molar-refractivity contribution is 0.339. The minimum Gasteiger partial charge on any atom is -0.369 e. The van der Waals surface area contributed by atoms with Gasteiger partial charge >= 0.3 is 0 Å². The van der Waals surface area contributed by atoms with Crippen LogP contribution in [0.15, 0.2) is 4.47 Å². The SMILES string of the molecule is Brc1c(C2CC3CCC2C3)nn2c1NCC1CCCC12. The molecule has 5 atom stereocenters. The number of nitrogens with zero attached hydrogens (tertiary/aromatic N) is 2. The fourth-order valence-electron chi connectivity index (χ4n) is 5.45. The van der Waals surface area contributed by atoms with Crippen molar-refractivity contribution in [1.82, 2.24) is 9.78 Å². The van der Waals surface area contributed by atoms with Gasteiger partial charge in [0, 0.05) is 12.5 Å². The van der Waals surface area contributed by atoms with Crippen LogP contribution in [-0.2, 0) is 0 Å². The molecule has 3 nitrogen and oxygen atoms in total. The summed E-state index contributed by atoms with van der Waals surface area (Å²) in [6, 6.07) is 0.662. The third-order valence-corrected chi connectivity index (χ3v) is 7.21. The summed E-state index contributed by atoms with van der Waals surface area (Å²) in [5, 5.41) is 8.74. The average Bonchev–Trinajstić information content (AvgIpc) is 3.20. The van der Waals surface area contributed by atoms with E-state index >= 15 is 0 Å². The van der Waals surface area contributed by atoms with Crippen LogP contribution in [0.3, 0.4) is 0 Å². The number of fused-ring (bicyclic) bond motifs is 5. The summed E-state index contributed by atoms with van der Waals surface area (Å²) < 4.78 is 3.62. The Morgan fingerprint density at radius 1 is 1.10 bits per heavy atom. The third-order valence-electron chi connectivity index (χ3n) is 6.43. The molecule has 1 N–H and O–H groups in total. The van der Waals surface area contributed by atoms with Crippen molar-refractivity contribution in [2.24, 2.45) is 17.8 Å². The maximum atomic E-state index is 5.10. The lowest BCUT2D eigenvalue weighted by atomic mass is 9.86. The van der Waals surface area contributed by atoms with Crippen molar-refractivity contribution in [3.8, 4) is 0 Å². The van der Waals surface area contributed by atoms with Crippen LogP contribution < -0.4 is 5.32 Å². The molecule has 1 aromatic rings. The Balaban J connectivity index is 1.55. The monoisotopic (exact) mass is 335 g/mol. The largest absolute Gasteiger partial charge is 0.369 e. The summed E-state index contributed by atoms with van der Waals surface area (Å²) in [7, 11) is 0. The van der Waals surface area contributed by atoms with Gasteiger partial charge in [-0.15, -0.1) is 0 Å². The van der Waals surface area contributed by atoms with E-state index in [1.165, 1.54) is 60.9 Å². The van der Waals surface area contributed by atoms with Crippen LogP contribution in [0.4, 0.5) is 5.82 Å². The molecule has 0 spiro atoms. The summed E-state index contributed by atoms with van der Waals surface area (Å²) in [6.45, 7) is 1.14. The first-order chi connectivity index (χ1) is 9.81. The lowest BCUT2D eigenvalue weighted by Crippen LogP contribution is -2.29. The topological polar surface area (TPSA) is 29.9 Å². The van der Waals surface area contributed by atoms with Gasteiger partial charge in [0.25, 0.3) is 0 Å². The molecule has 0 amide bonds. The first kappa shape index (κ1) is 12.1. The molecular formula is C16H22BrN3. The summed E-state index contributed by atoms with van der Waals surface area (Å²) in [5.74, 6) is 4.70. The highest BCUT2D eigenvalue weighted by atomic mass is 79.9. The van der Waals surface area contributed by atoms with Gasteiger partial charge in [-0.2, -0.15) is 5.10 Å². The first-order valence-electron chi connectivity index (χ1n) is 8.33. The fraction of sp³-hybridized carbons (Fsp3) is 0.812. The van der Waals surface area contributed by atoms with Gasteiger partial charge in [0.2, 0.25) is 0 Å².